The van der Waals surface area contributed by atoms with Crippen LogP contribution >= 0.6 is 28.5 Å². The van der Waals surface area contributed by atoms with E-state index in [0.717, 1.165) is 0 Å². The highest BCUT2D eigenvalue weighted by molar-refractivity contribution is 14.2. The van der Waals surface area contributed by atoms with E-state index >= 15 is 0 Å². The maximum atomic E-state index is 10.4. The Bertz CT molecular complexity index is 345. The second-order valence-electron chi connectivity index (χ2n) is 2.56. The zero-order valence-electron chi connectivity index (χ0n) is 7.59. The van der Waals surface area contributed by atoms with Gasteiger partial charge in [0, 0.05) is 0 Å². The number of halogens is 1. The van der Waals surface area contributed by atoms with E-state index in [9.17, 15) is 10.1 Å². The molecule has 0 fully saturated rings. The minimum absolute atomic E-state index is 0.254. The van der Waals surface area contributed by atoms with Crippen LogP contribution in [-0.4, -0.2) is 26.4 Å². The number of hydrogen-bond donors (Lipinski definition) is 1. The fourth-order valence-corrected chi connectivity index (χ4v) is 1.85. The quantitative estimate of drug-likeness (QED) is 0.276. The van der Waals surface area contributed by atoms with Crippen LogP contribution in [0.4, 0.5) is 5.82 Å². The van der Waals surface area contributed by atoms with Crippen molar-refractivity contribution in [1.82, 2.24) is 9.78 Å². The predicted molar refractivity (Wildman–Crippen MR) is 63.1 cm³/mol. The molecule has 84 valence electrons. The number of aliphatic hydroxyl groups excluding tert-OH is 1. The zero-order valence-corrected chi connectivity index (χ0v) is 10.7. The summed E-state index contributed by atoms with van der Waals surface area (Å²) in [5.41, 5.74) is 0.419. The van der Waals surface area contributed by atoms with E-state index in [1.54, 1.807) is 0 Å². The molecule has 0 saturated heterocycles. The molecule has 1 rings (SSSR count). The Morgan fingerprint density at radius 1 is 1.80 bits per heavy atom. The third-order valence-corrected chi connectivity index (χ3v) is 2.91. The molecule has 0 radical (unpaired) electrons. The highest BCUT2D eigenvalue weighted by Crippen LogP contribution is 2.21. The van der Waals surface area contributed by atoms with Gasteiger partial charge in [0.2, 0.25) is 0 Å². The molecule has 0 aromatic carbocycles. The fraction of sp³-hybridized carbons (Fsp3) is 0.500. The lowest BCUT2D eigenvalue weighted by Crippen LogP contribution is -2.08. The molecular weight excluding hydrogens is 336 g/mol. The van der Waals surface area contributed by atoms with Crippen LogP contribution in [0, 0.1) is 10.1 Å². The van der Waals surface area contributed by atoms with Crippen molar-refractivity contribution >= 4 is 34.3 Å². The zero-order chi connectivity index (χ0) is 11.3. The van der Waals surface area contributed by atoms with Crippen LogP contribution in [0.1, 0.15) is 5.69 Å². The summed E-state index contributed by atoms with van der Waals surface area (Å²) in [6, 6.07) is 1.26. The van der Waals surface area contributed by atoms with Crippen molar-refractivity contribution in [3.63, 3.8) is 0 Å². The van der Waals surface area contributed by atoms with E-state index in [1.165, 1.54) is 10.7 Å². The van der Waals surface area contributed by atoms with Crippen LogP contribution in [-0.2, 0) is 17.7 Å². The van der Waals surface area contributed by atoms with Gasteiger partial charge in [-0.15, -0.1) is 0 Å². The first-order chi connectivity index (χ1) is 7.19. The van der Waals surface area contributed by atoms with Crippen molar-refractivity contribution in [1.29, 1.82) is 0 Å². The standard InChI is InChI=1S/C6H9IN3O4P/c7-15-14-2-1-9-5(4-11)3-6(8-9)10(12)13/h3,11,15H,1-2,4H2. The van der Waals surface area contributed by atoms with Gasteiger partial charge in [-0.3, -0.25) is 0 Å². The first kappa shape index (κ1) is 12.8. The highest BCUT2D eigenvalue weighted by Gasteiger charge is 2.16. The largest absolute Gasteiger partial charge is 0.390 e. The van der Waals surface area contributed by atoms with Gasteiger partial charge in [-0.2, -0.15) is 4.68 Å². The highest BCUT2D eigenvalue weighted by atomic mass is 127. The predicted octanol–water partition coefficient (Wildman–Crippen LogP) is 1.24. The molecule has 0 amide bonds. The van der Waals surface area contributed by atoms with Gasteiger partial charge in [0.05, 0.1) is 43.1 Å². The minimum Gasteiger partial charge on any atom is -0.390 e. The van der Waals surface area contributed by atoms with Gasteiger partial charge in [-0.25, -0.2) is 0 Å². The van der Waals surface area contributed by atoms with Gasteiger partial charge in [0.15, 0.2) is 0 Å². The van der Waals surface area contributed by atoms with Gasteiger partial charge in [0.25, 0.3) is 0 Å². The molecule has 0 spiro atoms. The Labute approximate surface area is 100 Å². The summed E-state index contributed by atoms with van der Waals surface area (Å²) in [7, 11) is 0. The summed E-state index contributed by atoms with van der Waals surface area (Å²) >= 11 is 2.08. The molecule has 1 atom stereocenters. The Hall–Kier alpha value is -0.310. The Kier molecular flexibility index (Phi) is 5.37. The lowest BCUT2D eigenvalue weighted by Gasteiger charge is -1.99. The van der Waals surface area contributed by atoms with E-state index in [0.29, 0.717) is 25.3 Å². The van der Waals surface area contributed by atoms with Crippen molar-refractivity contribution in [3.8, 4) is 0 Å². The summed E-state index contributed by atoms with van der Waals surface area (Å²) in [6.45, 7) is 0.897. The number of nitrogens with zero attached hydrogens (tertiary/aromatic N) is 3. The van der Waals surface area contributed by atoms with Crippen molar-refractivity contribution in [2.45, 2.75) is 13.2 Å². The van der Waals surface area contributed by atoms with E-state index in [2.05, 4.69) is 27.1 Å². The summed E-state index contributed by atoms with van der Waals surface area (Å²) in [6.07, 6.45) is 0. The van der Waals surface area contributed by atoms with Crippen molar-refractivity contribution in [2.75, 3.05) is 6.61 Å². The first-order valence-corrected chi connectivity index (χ1v) is 8.00. The van der Waals surface area contributed by atoms with Gasteiger partial charge < -0.3 is 19.7 Å². The monoisotopic (exact) mass is 345 g/mol. The van der Waals surface area contributed by atoms with Gasteiger partial charge in [-0.05, 0) is 27.0 Å². The van der Waals surface area contributed by atoms with Gasteiger partial charge in [-0.1, -0.05) is 0 Å². The van der Waals surface area contributed by atoms with Gasteiger partial charge in [0.1, 0.15) is 0 Å². The smallest absolute Gasteiger partial charge is 0.390 e. The minimum atomic E-state index is -0.587. The Morgan fingerprint density at radius 2 is 2.53 bits per heavy atom. The summed E-state index contributed by atoms with van der Waals surface area (Å²) in [5, 5.41) is 23.1. The van der Waals surface area contributed by atoms with Crippen LogP contribution in [0.15, 0.2) is 6.07 Å². The number of aliphatic hydroxyl groups is 1. The molecule has 1 N–H and O–H groups in total. The number of rotatable bonds is 6. The van der Waals surface area contributed by atoms with Crippen LogP contribution in [0.2, 0.25) is 0 Å². The molecule has 1 heterocycles. The molecule has 15 heavy (non-hydrogen) atoms. The maximum Gasteiger partial charge on any atom is 0.390 e. The second kappa shape index (κ2) is 6.31. The van der Waals surface area contributed by atoms with E-state index in [-0.39, 0.29) is 12.4 Å². The van der Waals surface area contributed by atoms with Crippen LogP contribution in [0.25, 0.3) is 0 Å². The number of nitro groups is 1. The third-order valence-electron chi connectivity index (χ3n) is 1.66. The Balaban J connectivity index is 2.72. The lowest BCUT2D eigenvalue weighted by atomic mass is 10.4. The van der Waals surface area contributed by atoms with E-state index in [1.807, 2.05) is 0 Å². The average molecular weight is 345 g/mol. The topological polar surface area (TPSA) is 90.4 Å². The lowest BCUT2D eigenvalue weighted by molar-refractivity contribution is -0.389. The molecule has 1 aromatic rings. The first-order valence-electron chi connectivity index (χ1n) is 3.98. The molecule has 0 saturated carbocycles. The van der Waals surface area contributed by atoms with Gasteiger partial charge >= 0.3 is 5.82 Å². The molecule has 1 aromatic heterocycles. The van der Waals surface area contributed by atoms with Crippen molar-refractivity contribution in [2.24, 2.45) is 0 Å². The van der Waals surface area contributed by atoms with Crippen molar-refractivity contribution in [3.05, 3.63) is 21.9 Å². The Morgan fingerprint density at radius 3 is 3.07 bits per heavy atom. The average Bonchev–Trinajstić information content (AvgIpc) is 2.62. The van der Waals surface area contributed by atoms with Crippen LogP contribution < -0.4 is 0 Å². The summed E-state index contributed by atoms with van der Waals surface area (Å²) < 4.78 is 6.49. The molecule has 9 heteroatoms. The second-order valence-corrected chi connectivity index (χ2v) is 4.32. The molecular formula is C6H9IN3O4P. The maximum absolute atomic E-state index is 10.4. The molecule has 0 aliphatic carbocycles. The number of hydrogen-bond acceptors (Lipinski definition) is 5. The number of aromatic nitrogens is 2. The fourth-order valence-electron chi connectivity index (χ4n) is 1.02. The molecule has 0 aliphatic heterocycles. The molecule has 7 nitrogen and oxygen atoms in total. The molecule has 0 aliphatic rings. The third kappa shape index (κ3) is 3.63. The summed E-state index contributed by atoms with van der Waals surface area (Å²) in [5.74, 6) is -0.254. The normalized spacial score (nSPS) is 11.3. The SMILES string of the molecule is O=[N+]([O-])c1cc(CO)n(CCOPI)n1. The van der Waals surface area contributed by atoms with E-state index in [4.69, 9.17) is 9.63 Å². The van der Waals surface area contributed by atoms with Crippen LogP contribution in [0.3, 0.4) is 0 Å². The molecule has 0 bridgehead atoms. The summed E-state index contributed by atoms with van der Waals surface area (Å²) in [4.78, 5) is 9.84. The van der Waals surface area contributed by atoms with Crippen molar-refractivity contribution < 1.29 is 14.6 Å². The molecule has 1 unspecified atom stereocenters. The van der Waals surface area contributed by atoms with E-state index < -0.39 is 4.92 Å². The van der Waals surface area contributed by atoms with Crippen LogP contribution in [0.5, 0.6) is 0 Å².